The van der Waals surface area contributed by atoms with Crippen LogP contribution in [0.3, 0.4) is 0 Å². The van der Waals surface area contributed by atoms with E-state index in [9.17, 15) is 14.4 Å². The van der Waals surface area contributed by atoms with Gasteiger partial charge in [0.25, 0.3) is 5.91 Å². The summed E-state index contributed by atoms with van der Waals surface area (Å²) in [5.74, 6) is -0.507. The van der Waals surface area contributed by atoms with Crippen molar-refractivity contribution in [2.24, 2.45) is 0 Å². The second kappa shape index (κ2) is 13.5. The van der Waals surface area contributed by atoms with E-state index in [1.54, 1.807) is 43.5 Å². The van der Waals surface area contributed by atoms with Crippen molar-refractivity contribution in [2.75, 3.05) is 42.8 Å². The largest absolute Gasteiger partial charge is 0.383 e. The Balaban J connectivity index is 1.43. The zero-order chi connectivity index (χ0) is 24.9. The molecule has 0 saturated heterocycles. The van der Waals surface area contributed by atoms with Crippen LogP contribution in [0.15, 0.2) is 78.9 Å². The number of amides is 3. The molecule has 3 amide bonds. The average molecular weight is 475 g/mol. The minimum atomic E-state index is -0.236. The van der Waals surface area contributed by atoms with Gasteiger partial charge in [0, 0.05) is 42.7 Å². The third-order valence-electron chi connectivity index (χ3n) is 5.11. The summed E-state index contributed by atoms with van der Waals surface area (Å²) in [4.78, 5) is 36.6. The third-order valence-corrected chi connectivity index (χ3v) is 5.11. The van der Waals surface area contributed by atoms with Gasteiger partial charge in [-0.2, -0.15) is 0 Å². The molecule has 3 aromatic rings. The number of methoxy groups -OCH3 is 1. The smallest absolute Gasteiger partial charge is 0.251 e. The van der Waals surface area contributed by atoms with Crippen LogP contribution in [0.4, 0.5) is 17.1 Å². The summed E-state index contributed by atoms with van der Waals surface area (Å²) in [6.45, 7) is 0.916. The zero-order valence-electron chi connectivity index (χ0n) is 19.7. The lowest BCUT2D eigenvalue weighted by atomic mass is 10.1. The number of ether oxygens (including phenoxy) is 1. The average Bonchev–Trinajstić information content (AvgIpc) is 2.88. The van der Waals surface area contributed by atoms with Crippen LogP contribution in [0.5, 0.6) is 0 Å². The Morgan fingerprint density at radius 3 is 2.23 bits per heavy atom. The number of carbonyl (C=O) groups excluding carboxylic acids is 3. The predicted octanol–water partition coefficient (Wildman–Crippen LogP) is 3.68. The van der Waals surface area contributed by atoms with Gasteiger partial charge in [-0.15, -0.1) is 0 Å². The highest BCUT2D eigenvalue weighted by Gasteiger charge is 2.08. The van der Waals surface area contributed by atoms with Gasteiger partial charge in [-0.3, -0.25) is 14.4 Å². The van der Waals surface area contributed by atoms with E-state index < -0.39 is 0 Å². The van der Waals surface area contributed by atoms with Gasteiger partial charge in [-0.25, -0.2) is 0 Å². The first-order valence-corrected chi connectivity index (χ1v) is 11.4. The highest BCUT2D eigenvalue weighted by atomic mass is 16.5. The van der Waals surface area contributed by atoms with Crippen LogP contribution in [0.25, 0.3) is 0 Å². The Hall–Kier alpha value is -4.17. The molecule has 8 nitrogen and oxygen atoms in total. The van der Waals surface area contributed by atoms with Crippen molar-refractivity contribution in [2.45, 2.75) is 12.8 Å². The molecule has 182 valence electrons. The van der Waals surface area contributed by atoms with E-state index in [1.807, 2.05) is 42.5 Å². The lowest BCUT2D eigenvalue weighted by Gasteiger charge is -2.11. The fourth-order valence-corrected chi connectivity index (χ4v) is 3.29. The summed E-state index contributed by atoms with van der Waals surface area (Å²) in [5.41, 5.74) is 3.57. The molecule has 0 spiro atoms. The molecule has 3 rings (SSSR count). The van der Waals surface area contributed by atoms with Crippen molar-refractivity contribution in [1.82, 2.24) is 5.32 Å². The minimum absolute atomic E-state index is 0.0463. The first-order chi connectivity index (χ1) is 17.0. The van der Waals surface area contributed by atoms with Gasteiger partial charge in [0.05, 0.1) is 13.2 Å². The monoisotopic (exact) mass is 474 g/mol. The Labute approximate surface area is 205 Å². The number of rotatable bonds is 12. The van der Waals surface area contributed by atoms with E-state index in [0.717, 1.165) is 5.56 Å². The maximum Gasteiger partial charge on any atom is 0.251 e. The van der Waals surface area contributed by atoms with Crippen LogP contribution in [0.1, 0.15) is 22.3 Å². The number of carbonyl (C=O) groups is 3. The van der Waals surface area contributed by atoms with Gasteiger partial charge in [0.15, 0.2) is 0 Å². The number of anilines is 3. The van der Waals surface area contributed by atoms with Crippen molar-refractivity contribution >= 4 is 34.8 Å². The van der Waals surface area contributed by atoms with Gasteiger partial charge in [0.2, 0.25) is 11.8 Å². The van der Waals surface area contributed by atoms with E-state index in [1.165, 1.54) is 0 Å². The van der Waals surface area contributed by atoms with E-state index in [2.05, 4.69) is 21.3 Å². The van der Waals surface area contributed by atoms with Crippen molar-refractivity contribution in [3.05, 3.63) is 90.0 Å². The fraction of sp³-hybridized carbons (Fsp3) is 0.222. The van der Waals surface area contributed by atoms with Crippen LogP contribution < -0.4 is 21.3 Å². The summed E-state index contributed by atoms with van der Waals surface area (Å²) < 4.78 is 4.91. The molecule has 0 radical (unpaired) electrons. The van der Waals surface area contributed by atoms with Gasteiger partial charge in [0.1, 0.15) is 0 Å². The van der Waals surface area contributed by atoms with Gasteiger partial charge >= 0.3 is 0 Å². The number of benzene rings is 3. The molecule has 8 heteroatoms. The summed E-state index contributed by atoms with van der Waals surface area (Å²) in [6, 6.07) is 23.7. The van der Waals surface area contributed by atoms with E-state index in [0.29, 0.717) is 48.6 Å². The molecule has 3 aromatic carbocycles. The Bertz CT molecular complexity index is 1120. The van der Waals surface area contributed by atoms with Gasteiger partial charge in [-0.1, -0.05) is 36.4 Å². The molecule has 0 aliphatic heterocycles. The molecular weight excluding hydrogens is 444 g/mol. The standard InChI is InChI=1S/C27H30N4O4/c1-35-17-16-28-27(34)21-11-13-22(14-12-21)30-26(33)19-29-23-8-5-9-24(18-23)31-25(32)15-10-20-6-3-2-4-7-20/h2-9,11-14,18,29H,10,15-17,19H2,1H3,(H,28,34)(H,30,33)(H,31,32). The van der Waals surface area contributed by atoms with Crippen molar-refractivity contribution in [1.29, 1.82) is 0 Å². The molecule has 0 atom stereocenters. The quantitative estimate of drug-likeness (QED) is 0.300. The summed E-state index contributed by atoms with van der Waals surface area (Å²) in [7, 11) is 1.57. The maximum atomic E-state index is 12.3. The minimum Gasteiger partial charge on any atom is -0.383 e. The van der Waals surface area contributed by atoms with Gasteiger partial charge < -0.3 is 26.0 Å². The number of hydrogen-bond donors (Lipinski definition) is 4. The lowest BCUT2D eigenvalue weighted by molar-refractivity contribution is -0.116. The predicted molar refractivity (Wildman–Crippen MR) is 138 cm³/mol. The van der Waals surface area contributed by atoms with Crippen LogP contribution in [0, 0.1) is 0 Å². The SMILES string of the molecule is COCCNC(=O)c1ccc(NC(=O)CNc2cccc(NC(=O)CCc3ccccc3)c2)cc1. The summed E-state index contributed by atoms with van der Waals surface area (Å²) in [6.07, 6.45) is 1.06. The number of hydrogen-bond acceptors (Lipinski definition) is 5. The first-order valence-electron chi connectivity index (χ1n) is 11.4. The second-order valence-corrected chi connectivity index (χ2v) is 7.84. The van der Waals surface area contributed by atoms with Crippen molar-refractivity contribution < 1.29 is 19.1 Å². The van der Waals surface area contributed by atoms with Crippen LogP contribution in [-0.4, -0.2) is 44.5 Å². The molecular formula is C27H30N4O4. The van der Waals surface area contributed by atoms with Gasteiger partial charge in [-0.05, 0) is 54.4 Å². The molecule has 0 aliphatic carbocycles. The highest BCUT2D eigenvalue weighted by molar-refractivity contribution is 5.97. The highest BCUT2D eigenvalue weighted by Crippen LogP contribution is 2.16. The molecule has 0 aliphatic rings. The zero-order valence-corrected chi connectivity index (χ0v) is 19.7. The maximum absolute atomic E-state index is 12.3. The number of nitrogens with one attached hydrogen (secondary N) is 4. The van der Waals surface area contributed by atoms with Crippen LogP contribution in [-0.2, 0) is 20.7 Å². The van der Waals surface area contributed by atoms with Crippen LogP contribution >= 0.6 is 0 Å². The molecule has 0 saturated carbocycles. The molecule has 0 unspecified atom stereocenters. The molecule has 0 fully saturated rings. The molecule has 0 bridgehead atoms. The topological polar surface area (TPSA) is 109 Å². The Morgan fingerprint density at radius 2 is 1.49 bits per heavy atom. The van der Waals surface area contributed by atoms with Crippen molar-refractivity contribution in [3.63, 3.8) is 0 Å². The molecule has 0 heterocycles. The summed E-state index contributed by atoms with van der Waals surface area (Å²) in [5, 5.41) is 11.5. The van der Waals surface area contributed by atoms with E-state index in [-0.39, 0.29) is 24.3 Å². The third kappa shape index (κ3) is 8.94. The van der Waals surface area contributed by atoms with Crippen molar-refractivity contribution in [3.8, 4) is 0 Å². The summed E-state index contributed by atoms with van der Waals surface area (Å²) >= 11 is 0. The molecule has 0 aromatic heterocycles. The Morgan fingerprint density at radius 1 is 0.771 bits per heavy atom. The normalized spacial score (nSPS) is 10.3. The van der Waals surface area contributed by atoms with E-state index in [4.69, 9.17) is 4.74 Å². The number of aryl methyl sites for hydroxylation is 1. The fourth-order valence-electron chi connectivity index (χ4n) is 3.29. The molecule has 35 heavy (non-hydrogen) atoms. The molecule has 4 N–H and O–H groups in total. The Kier molecular flexibility index (Phi) is 9.83. The lowest BCUT2D eigenvalue weighted by Crippen LogP contribution is -2.27. The second-order valence-electron chi connectivity index (χ2n) is 7.84. The van der Waals surface area contributed by atoms with Crippen LogP contribution in [0.2, 0.25) is 0 Å². The van der Waals surface area contributed by atoms with E-state index >= 15 is 0 Å². The first kappa shape index (κ1) is 25.5.